The monoisotopic (exact) mass is 324 g/mol. The number of rotatable bonds is 3. The van der Waals surface area contributed by atoms with E-state index in [2.05, 4.69) is 21.4 Å². The van der Waals surface area contributed by atoms with Gasteiger partial charge in [0.25, 0.3) is 0 Å². The summed E-state index contributed by atoms with van der Waals surface area (Å²) in [4.78, 5) is 8.59. The molecule has 2 aliphatic rings. The second-order valence-corrected chi connectivity index (χ2v) is 6.64. The van der Waals surface area contributed by atoms with E-state index in [1.807, 2.05) is 24.3 Å². The number of nitrogens with zero attached hydrogens (tertiary/aromatic N) is 2. The Morgan fingerprint density at radius 3 is 2.96 bits per heavy atom. The van der Waals surface area contributed by atoms with Gasteiger partial charge in [0.1, 0.15) is 5.69 Å². The summed E-state index contributed by atoms with van der Waals surface area (Å²) >= 11 is 0. The molecule has 0 aliphatic heterocycles. The van der Waals surface area contributed by atoms with Crippen molar-refractivity contribution in [2.45, 2.75) is 44.2 Å². The summed E-state index contributed by atoms with van der Waals surface area (Å²) in [5.74, 6) is 0.0969. The molecule has 0 bridgehead atoms. The molecule has 5 heteroatoms. The first kappa shape index (κ1) is 15.3. The molecule has 1 aromatic heterocycles. The second kappa shape index (κ2) is 6.32. The van der Waals surface area contributed by atoms with Crippen LogP contribution in [0.3, 0.4) is 0 Å². The van der Waals surface area contributed by atoms with Gasteiger partial charge in [-0.05, 0) is 43.2 Å². The number of nitrogens with two attached hydrogens (primary N) is 1. The molecule has 2 aromatic rings. The van der Waals surface area contributed by atoms with Crippen LogP contribution in [0.4, 0.5) is 10.3 Å². The highest BCUT2D eigenvalue weighted by molar-refractivity contribution is 5.83. The highest BCUT2D eigenvalue weighted by Gasteiger charge is 2.22. The number of anilines is 1. The zero-order valence-electron chi connectivity index (χ0n) is 13.5. The molecule has 0 spiro atoms. The molecule has 3 N–H and O–H groups in total. The molecule has 0 unspecified atom stereocenters. The molecule has 2 atom stereocenters. The van der Waals surface area contributed by atoms with Crippen molar-refractivity contribution >= 4 is 11.5 Å². The largest absolute Gasteiger partial charge is 0.351 e. The summed E-state index contributed by atoms with van der Waals surface area (Å²) in [6.45, 7) is 0. The highest BCUT2D eigenvalue weighted by atomic mass is 19.1. The number of hydrogen-bond acceptors (Lipinski definition) is 4. The third kappa shape index (κ3) is 2.91. The Balaban J connectivity index is 1.61. The second-order valence-electron chi connectivity index (χ2n) is 6.64. The standard InChI is InChI=1S/C19H21FN4/c20-17-11-22-19(23-14-6-3-5-13(21)10-14)24-18(17)16-9-8-12-4-1-2-7-15(12)16/h1-2,4,7,9,11,13-14H,3,5-6,8,10,21H2,(H,22,23,24)/t13-,14+/m0/s1. The molecule has 24 heavy (non-hydrogen) atoms. The van der Waals surface area contributed by atoms with Crippen molar-refractivity contribution in [1.29, 1.82) is 0 Å². The topological polar surface area (TPSA) is 63.8 Å². The van der Waals surface area contributed by atoms with E-state index in [9.17, 15) is 4.39 Å². The maximum atomic E-state index is 14.3. The van der Waals surface area contributed by atoms with Crippen molar-refractivity contribution < 1.29 is 4.39 Å². The molecule has 2 aliphatic carbocycles. The maximum Gasteiger partial charge on any atom is 0.223 e. The summed E-state index contributed by atoms with van der Waals surface area (Å²) in [6, 6.07) is 8.55. The molecular weight excluding hydrogens is 303 g/mol. The Morgan fingerprint density at radius 2 is 2.08 bits per heavy atom. The highest BCUT2D eigenvalue weighted by Crippen LogP contribution is 2.33. The number of hydrogen-bond donors (Lipinski definition) is 2. The van der Waals surface area contributed by atoms with Crippen molar-refractivity contribution in [2.24, 2.45) is 5.73 Å². The van der Waals surface area contributed by atoms with Crippen LogP contribution in [0.15, 0.2) is 36.5 Å². The quantitative estimate of drug-likeness (QED) is 0.909. The lowest BCUT2D eigenvalue weighted by molar-refractivity contribution is 0.408. The van der Waals surface area contributed by atoms with E-state index in [0.717, 1.165) is 43.2 Å². The minimum atomic E-state index is -0.385. The van der Waals surface area contributed by atoms with Gasteiger partial charge in [-0.3, -0.25) is 0 Å². The lowest BCUT2D eigenvalue weighted by atomic mass is 9.92. The minimum Gasteiger partial charge on any atom is -0.351 e. The lowest BCUT2D eigenvalue weighted by Gasteiger charge is -2.27. The molecular formula is C19H21FN4. The fourth-order valence-electron chi connectivity index (χ4n) is 3.67. The number of benzene rings is 1. The number of allylic oxidation sites excluding steroid dienone is 1. The summed E-state index contributed by atoms with van der Waals surface area (Å²) in [7, 11) is 0. The number of fused-ring (bicyclic) bond motifs is 1. The predicted octanol–water partition coefficient (Wildman–Crippen LogP) is 3.29. The van der Waals surface area contributed by atoms with Crippen LogP contribution in [-0.4, -0.2) is 22.1 Å². The van der Waals surface area contributed by atoms with Crippen LogP contribution in [0.1, 0.15) is 42.5 Å². The van der Waals surface area contributed by atoms with E-state index in [4.69, 9.17) is 5.73 Å². The average Bonchev–Trinajstić information content (AvgIpc) is 3.01. The Labute approximate surface area is 141 Å². The van der Waals surface area contributed by atoms with Crippen LogP contribution >= 0.6 is 0 Å². The van der Waals surface area contributed by atoms with Crippen LogP contribution in [0.5, 0.6) is 0 Å². The Hall–Kier alpha value is -2.27. The summed E-state index contributed by atoms with van der Waals surface area (Å²) in [6.07, 6.45) is 8.24. The van der Waals surface area contributed by atoms with E-state index < -0.39 is 0 Å². The molecule has 1 aromatic carbocycles. The summed E-state index contributed by atoms with van der Waals surface area (Å²) < 4.78 is 14.3. The first-order chi connectivity index (χ1) is 11.7. The van der Waals surface area contributed by atoms with Gasteiger partial charge in [-0.2, -0.15) is 0 Å². The molecule has 1 fully saturated rings. The SMILES string of the molecule is N[C@H]1CCC[C@@H](Nc2ncc(F)c(C3=CCc4ccccc43)n2)C1. The summed E-state index contributed by atoms with van der Waals surface area (Å²) in [5, 5.41) is 3.33. The third-order valence-electron chi connectivity index (χ3n) is 4.88. The fraction of sp³-hybridized carbons (Fsp3) is 0.368. The van der Waals surface area contributed by atoms with Crippen LogP contribution in [-0.2, 0) is 6.42 Å². The van der Waals surface area contributed by atoms with Crippen molar-refractivity contribution in [3.63, 3.8) is 0 Å². The first-order valence-corrected chi connectivity index (χ1v) is 8.54. The zero-order valence-corrected chi connectivity index (χ0v) is 13.5. The van der Waals surface area contributed by atoms with Gasteiger partial charge in [0.15, 0.2) is 5.82 Å². The van der Waals surface area contributed by atoms with E-state index >= 15 is 0 Å². The van der Waals surface area contributed by atoms with Crippen LogP contribution in [0.25, 0.3) is 5.57 Å². The minimum absolute atomic E-state index is 0.223. The number of halogens is 1. The van der Waals surface area contributed by atoms with Gasteiger partial charge in [-0.15, -0.1) is 0 Å². The van der Waals surface area contributed by atoms with Crippen molar-refractivity contribution in [2.75, 3.05) is 5.32 Å². The van der Waals surface area contributed by atoms with Gasteiger partial charge in [0.05, 0.1) is 6.20 Å². The van der Waals surface area contributed by atoms with E-state index in [1.54, 1.807) is 0 Å². The maximum absolute atomic E-state index is 14.3. The van der Waals surface area contributed by atoms with Gasteiger partial charge in [-0.25, -0.2) is 14.4 Å². The van der Waals surface area contributed by atoms with Gasteiger partial charge in [0, 0.05) is 17.7 Å². The average molecular weight is 324 g/mol. The van der Waals surface area contributed by atoms with Crippen LogP contribution in [0.2, 0.25) is 0 Å². The lowest BCUT2D eigenvalue weighted by Crippen LogP contribution is -2.35. The van der Waals surface area contributed by atoms with Gasteiger partial charge in [-0.1, -0.05) is 30.3 Å². The van der Waals surface area contributed by atoms with Crippen molar-refractivity contribution in [1.82, 2.24) is 9.97 Å². The molecule has 0 amide bonds. The Bertz CT molecular complexity index is 787. The molecule has 124 valence electrons. The van der Waals surface area contributed by atoms with Crippen LogP contribution < -0.4 is 11.1 Å². The Kier molecular flexibility index (Phi) is 4.02. The van der Waals surface area contributed by atoms with E-state index in [-0.39, 0.29) is 17.9 Å². The third-order valence-corrected chi connectivity index (χ3v) is 4.88. The van der Waals surface area contributed by atoms with Gasteiger partial charge >= 0.3 is 0 Å². The van der Waals surface area contributed by atoms with Crippen molar-refractivity contribution in [3.05, 3.63) is 59.2 Å². The number of nitrogens with one attached hydrogen (secondary N) is 1. The smallest absolute Gasteiger partial charge is 0.223 e. The summed E-state index contributed by atoms with van der Waals surface area (Å²) in [5.41, 5.74) is 9.53. The molecule has 0 radical (unpaired) electrons. The normalized spacial score (nSPS) is 22.8. The van der Waals surface area contributed by atoms with Crippen LogP contribution in [0, 0.1) is 5.82 Å². The molecule has 4 nitrogen and oxygen atoms in total. The van der Waals surface area contributed by atoms with Crippen molar-refractivity contribution in [3.8, 4) is 0 Å². The fourth-order valence-corrected chi connectivity index (χ4v) is 3.67. The molecule has 4 rings (SSSR count). The zero-order chi connectivity index (χ0) is 16.5. The first-order valence-electron chi connectivity index (χ1n) is 8.54. The molecule has 0 saturated heterocycles. The molecule has 1 saturated carbocycles. The number of aromatic nitrogens is 2. The van der Waals surface area contributed by atoms with E-state index in [0.29, 0.717) is 11.6 Å². The molecule has 1 heterocycles. The Morgan fingerprint density at radius 1 is 1.21 bits per heavy atom. The van der Waals surface area contributed by atoms with Gasteiger partial charge < -0.3 is 11.1 Å². The van der Waals surface area contributed by atoms with E-state index in [1.165, 1.54) is 11.8 Å². The predicted molar refractivity (Wildman–Crippen MR) is 93.1 cm³/mol. The van der Waals surface area contributed by atoms with Gasteiger partial charge in [0.2, 0.25) is 5.95 Å².